The normalized spacial score (nSPS) is 15.0. The number of rotatable bonds is 2. The Morgan fingerprint density at radius 3 is 1.74 bits per heavy atom. The second kappa shape index (κ2) is 9.60. The molecular weight excluding hydrogens is 539 g/mol. The van der Waals surface area contributed by atoms with Gasteiger partial charge in [-0.3, -0.25) is 0 Å². The zero-order valence-corrected chi connectivity index (χ0v) is 25.0. The zero-order valence-electron chi connectivity index (χ0n) is 24.1. The monoisotopic (exact) mass is 567 g/mol. The smallest absolute Gasteiger partial charge is 0.0991 e. The van der Waals surface area contributed by atoms with Crippen molar-refractivity contribution >= 4 is 11.8 Å². The molecule has 0 unspecified atom stereocenters. The Morgan fingerprint density at radius 2 is 1.05 bits per heavy atom. The summed E-state index contributed by atoms with van der Waals surface area (Å²) in [7, 11) is 0. The number of benzene rings is 6. The highest BCUT2D eigenvalue weighted by Crippen LogP contribution is 2.63. The van der Waals surface area contributed by atoms with E-state index in [-0.39, 0.29) is 5.41 Å². The number of nitrogens with zero attached hydrogens (tertiary/aromatic N) is 1. The predicted octanol–water partition coefficient (Wildman–Crippen LogP) is 10.4. The van der Waals surface area contributed by atoms with Crippen molar-refractivity contribution in [2.45, 2.75) is 34.5 Å². The van der Waals surface area contributed by atoms with Crippen LogP contribution in [0.15, 0.2) is 149 Å². The number of nitriles is 1. The molecule has 0 fully saturated rings. The van der Waals surface area contributed by atoms with E-state index in [1.54, 1.807) is 0 Å². The molecule has 0 N–H and O–H groups in total. The van der Waals surface area contributed by atoms with Crippen LogP contribution in [0.3, 0.4) is 0 Å². The van der Waals surface area contributed by atoms with Gasteiger partial charge in [-0.05, 0) is 79.9 Å². The van der Waals surface area contributed by atoms with E-state index in [9.17, 15) is 5.26 Å². The van der Waals surface area contributed by atoms with Crippen LogP contribution in [0.2, 0.25) is 0 Å². The minimum absolute atomic E-state index is 0.211. The van der Waals surface area contributed by atoms with E-state index in [0.29, 0.717) is 5.56 Å². The first-order valence-corrected chi connectivity index (χ1v) is 15.6. The molecule has 0 bridgehead atoms. The van der Waals surface area contributed by atoms with Gasteiger partial charge in [0.05, 0.1) is 17.0 Å². The summed E-state index contributed by atoms with van der Waals surface area (Å²) in [4.78, 5) is 2.60. The van der Waals surface area contributed by atoms with Crippen LogP contribution >= 0.6 is 11.8 Å². The van der Waals surface area contributed by atoms with E-state index in [0.717, 1.165) is 11.1 Å². The third-order valence-electron chi connectivity index (χ3n) is 9.44. The van der Waals surface area contributed by atoms with Gasteiger partial charge >= 0.3 is 0 Å². The average Bonchev–Trinajstić information content (AvgIpc) is 3.06. The average molecular weight is 568 g/mol. The second-order valence-electron chi connectivity index (χ2n) is 12.0. The maximum atomic E-state index is 9.70. The number of hydrogen-bond acceptors (Lipinski definition) is 2. The minimum atomic E-state index is -0.502. The first kappa shape index (κ1) is 25.8. The Hall–Kier alpha value is -4.84. The molecule has 2 aliphatic rings. The highest BCUT2D eigenvalue weighted by atomic mass is 32.2. The fraction of sp³-hybridized carbons (Fsp3) is 0.0976. The molecule has 2 heteroatoms. The van der Waals surface area contributed by atoms with Crippen LogP contribution in [0, 0.1) is 11.3 Å². The van der Waals surface area contributed by atoms with E-state index >= 15 is 0 Å². The van der Waals surface area contributed by atoms with E-state index in [1.165, 1.54) is 54.3 Å². The molecule has 0 aromatic heterocycles. The first-order valence-electron chi connectivity index (χ1n) is 14.8. The Morgan fingerprint density at radius 1 is 0.512 bits per heavy atom. The summed E-state index contributed by atoms with van der Waals surface area (Å²) in [5.74, 6) is 0. The van der Waals surface area contributed by atoms with Crippen LogP contribution in [0.1, 0.15) is 52.8 Å². The van der Waals surface area contributed by atoms with Gasteiger partial charge in [0.25, 0.3) is 0 Å². The van der Waals surface area contributed by atoms with Gasteiger partial charge in [-0.1, -0.05) is 141 Å². The third-order valence-corrected chi connectivity index (χ3v) is 10.6. The summed E-state index contributed by atoms with van der Waals surface area (Å²) < 4.78 is 0. The topological polar surface area (TPSA) is 23.8 Å². The molecule has 0 atom stereocenters. The van der Waals surface area contributed by atoms with Crippen molar-refractivity contribution in [3.8, 4) is 28.3 Å². The highest BCUT2D eigenvalue weighted by Gasteiger charge is 2.53. The van der Waals surface area contributed by atoms with Gasteiger partial charge in [-0.15, -0.1) is 0 Å². The molecule has 6 aromatic carbocycles. The third kappa shape index (κ3) is 3.59. The first-order chi connectivity index (χ1) is 21.0. The maximum Gasteiger partial charge on any atom is 0.0991 e. The highest BCUT2D eigenvalue weighted by molar-refractivity contribution is 7.99. The summed E-state index contributed by atoms with van der Waals surface area (Å²) in [6.07, 6.45) is 0. The van der Waals surface area contributed by atoms with Crippen LogP contribution in [0.4, 0.5) is 0 Å². The van der Waals surface area contributed by atoms with Gasteiger partial charge in [0.2, 0.25) is 0 Å². The molecule has 0 amide bonds. The van der Waals surface area contributed by atoms with Crippen LogP contribution in [-0.4, -0.2) is 0 Å². The fourth-order valence-corrected chi connectivity index (χ4v) is 8.81. The molecule has 0 saturated carbocycles. The Kier molecular flexibility index (Phi) is 5.77. The molecule has 6 aromatic rings. The van der Waals surface area contributed by atoms with Gasteiger partial charge in [0, 0.05) is 15.2 Å². The van der Waals surface area contributed by atoms with Crippen molar-refractivity contribution in [2.24, 2.45) is 0 Å². The predicted molar refractivity (Wildman–Crippen MR) is 177 cm³/mol. The van der Waals surface area contributed by atoms with E-state index < -0.39 is 5.41 Å². The zero-order chi connectivity index (χ0) is 29.2. The van der Waals surface area contributed by atoms with Crippen LogP contribution in [0.5, 0.6) is 0 Å². The van der Waals surface area contributed by atoms with Crippen molar-refractivity contribution in [2.75, 3.05) is 0 Å². The van der Waals surface area contributed by atoms with E-state index in [4.69, 9.17) is 0 Å². The SMILES string of the molecule is CC1(C)c2ccccc2C2(c3ccccc3Sc3ccccc32)c2c(-c3ccccc3-c3cccc(C#N)c3)cccc21. The summed E-state index contributed by atoms with van der Waals surface area (Å²) in [5.41, 5.74) is 12.6. The van der Waals surface area contributed by atoms with Gasteiger partial charge < -0.3 is 0 Å². The van der Waals surface area contributed by atoms with E-state index in [1.807, 2.05) is 30.0 Å². The summed E-state index contributed by atoms with van der Waals surface area (Å²) in [6, 6.07) is 52.9. The molecule has 1 nitrogen and oxygen atoms in total. The Bertz CT molecular complexity index is 2070. The van der Waals surface area contributed by atoms with Crippen molar-refractivity contribution < 1.29 is 0 Å². The van der Waals surface area contributed by atoms with Crippen molar-refractivity contribution in [1.82, 2.24) is 0 Å². The number of fused-ring (bicyclic) bond motifs is 8. The molecule has 43 heavy (non-hydrogen) atoms. The van der Waals surface area contributed by atoms with Crippen molar-refractivity contribution in [3.05, 3.63) is 178 Å². The van der Waals surface area contributed by atoms with Crippen LogP contribution < -0.4 is 0 Å². The molecule has 8 rings (SSSR count). The minimum Gasteiger partial charge on any atom is -0.192 e. The van der Waals surface area contributed by atoms with Crippen LogP contribution in [-0.2, 0) is 10.8 Å². The lowest BCUT2D eigenvalue weighted by Gasteiger charge is -2.51. The Balaban J connectivity index is 1.56. The molecule has 204 valence electrons. The van der Waals surface area contributed by atoms with Gasteiger partial charge in [0.15, 0.2) is 0 Å². The van der Waals surface area contributed by atoms with Crippen LogP contribution in [0.25, 0.3) is 22.3 Å². The lowest BCUT2D eigenvalue weighted by molar-refractivity contribution is 0.550. The summed E-state index contributed by atoms with van der Waals surface area (Å²) >= 11 is 1.87. The van der Waals surface area contributed by atoms with Gasteiger partial charge in [0.1, 0.15) is 0 Å². The molecule has 0 saturated heterocycles. The quantitative estimate of drug-likeness (QED) is 0.207. The summed E-state index contributed by atoms with van der Waals surface area (Å²) in [5, 5.41) is 9.70. The van der Waals surface area contributed by atoms with Crippen molar-refractivity contribution in [3.63, 3.8) is 0 Å². The lowest BCUT2D eigenvalue weighted by Crippen LogP contribution is -2.43. The second-order valence-corrected chi connectivity index (χ2v) is 13.1. The lowest BCUT2D eigenvalue weighted by atomic mass is 9.53. The molecule has 1 aliphatic heterocycles. The molecule has 1 aliphatic carbocycles. The molecular formula is C41H29NS. The van der Waals surface area contributed by atoms with Crippen molar-refractivity contribution in [1.29, 1.82) is 5.26 Å². The summed E-state index contributed by atoms with van der Waals surface area (Å²) in [6.45, 7) is 4.75. The maximum absolute atomic E-state index is 9.70. The Labute approximate surface area is 257 Å². The number of hydrogen-bond donors (Lipinski definition) is 0. The standard InChI is InChI=1S/C41H29NS/c1-40(2)32-18-5-6-19-33(32)41(34-20-7-9-23-37(34)43-38-24-10-8-21-35(38)41)39-31(17-12-22-36(39)40)30-16-4-3-15-29(30)28-14-11-13-27(25-28)26-42/h3-25H,1-2H3. The molecule has 1 spiro atoms. The largest absolute Gasteiger partial charge is 0.192 e. The van der Waals surface area contributed by atoms with Gasteiger partial charge in [-0.2, -0.15) is 5.26 Å². The molecule has 0 radical (unpaired) electrons. The fourth-order valence-electron chi connectivity index (χ4n) is 7.62. The molecule has 1 heterocycles. The van der Waals surface area contributed by atoms with E-state index in [2.05, 4.69) is 141 Å². The van der Waals surface area contributed by atoms with Gasteiger partial charge in [-0.25, -0.2) is 0 Å².